The highest BCUT2D eigenvalue weighted by Crippen LogP contribution is 2.56. The highest BCUT2D eigenvalue weighted by atomic mass is 32.1. The maximum Gasteiger partial charge on any atom is 0.0547 e. The van der Waals surface area contributed by atoms with Crippen LogP contribution in [0.1, 0.15) is 49.9 Å². The van der Waals surface area contributed by atoms with Gasteiger partial charge in [-0.25, -0.2) is 0 Å². The van der Waals surface area contributed by atoms with Crippen molar-refractivity contribution in [3.8, 4) is 22.3 Å². The van der Waals surface area contributed by atoms with Crippen LogP contribution < -0.4 is 4.90 Å². The Morgan fingerprint density at radius 2 is 0.855 bits per heavy atom. The van der Waals surface area contributed by atoms with Crippen molar-refractivity contribution in [1.29, 1.82) is 0 Å². The van der Waals surface area contributed by atoms with Crippen LogP contribution in [0.2, 0.25) is 0 Å². The molecule has 262 valence electrons. The van der Waals surface area contributed by atoms with E-state index < -0.39 is 0 Å². The number of fused-ring (bicyclic) bond motifs is 16. The van der Waals surface area contributed by atoms with E-state index >= 15 is 0 Å². The maximum absolute atomic E-state index is 2.58. The van der Waals surface area contributed by atoms with Crippen LogP contribution in [-0.2, 0) is 10.8 Å². The summed E-state index contributed by atoms with van der Waals surface area (Å²) >= 11 is 3.88. The Morgan fingerprint density at radius 3 is 1.45 bits per heavy atom. The quantitative estimate of drug-likeness (QED) is 0.174. The summed E-state index contributed by atoms with van der Waals surface area (Å²) in [5.41, 5.74) is 14.3. The molecule has 0 bridgehead atoms. The van der Waals surface area contributed by atoms with E-state index in [1.165, 1.54) is 113 Å². The molecule has 0 saturated carbocycles. The van der Waals surface area contributed by atoms with Gasteiger partial charge < -0.3 is 4.90 Å². The first-order chi connectivity index (χ1) is 26.8. The summed E-state index contributed by atoms with van der Waals surface area (Å²) in [6.07, 6.45) is 0. The lowest BCUT2D eigenvalue weighted by molar-refractivity contribution is 0.660. The van der Waals surface area contributed by atoms with E-state index in [9.17, 15) is 0 Å². The van der Waals surface area contributed by atoms with Crippen molar-refractivity contribution in [3.63, 3.8) is 0 Å². The van der Waals surface area contributed by atoms with E-state index in [0.29, 0.717) is 0 Å². The van der Waals surface area contributed by atoms with Gasteiger partial charge in [-0.2, -0.15) is 0 Å². The fourth-order valence-corrected chi connectivity index (χ4v) is 12.8. The maximum atomic E-state index is 2.58. The molecule has 0 radical (unpaired) electrons. The summed E-state index contributed by atoms with van der Waals surface area (Å²) in [7, 11) is 0. The van der Waals surface area contributed by atoms with Gasteiger partial charge >= 0.3 is 0 Å². The van der Waals surface area contributed by atoms with E-state index in [4.69, 9.17) is 0 Å². The Labute approximate surface area is 328 Å². The molecule has 0 saturated heterocycles. The molecule has 2 aliphatic rings. The van der Waals surface area contributed by atoms with Gasteiger partial charge in [0, 0.05) is 73.3 Å². The smallest absolute Gasteiger partial charge is 0.0547 e. The summed E-state index contributed by atoms with van der Waals surface area (Å²) in [5, 5.41) is 8.06. The Balaban J connectivity index is 1.21. The van der Waals surface area contributed by atoms with Gasteiger partial charge in [-0.15, -0.1) is 22.7 Å². The van der Waals surface area contributed by atoms with Crippen LogP contribution in [0.5, 0.6) is 0 Å². The Bertz CT molecular complexity index is 3170. The summed E-state index contributed by atoms with van der Waals surface area (Å²) in [5.74, 6) is 0. The Kier molecular flexibility index (Phi) is 6.28. The molecule has 2 aliphatic carbocycles. The van der Waals surface area contributed by atoms with E-state index in [0.717, 1.165) is 0 Å². The third-order valence-corrected chi connectivity index (χ3v) is 15.2. The number of rotatable bonds is 3. The minimum absolute atomic E-state index is 0.117. The predicted octanol–water partition coefficient (Wildman–Crippen LogP) is 15.7. The van der Waals surface area contributed by atoms with Crippen molar-refractivity contribution in [2.24, 2.45) is 0 Å². The zero-order valence-corrected chi connectivity index (χ0v) is 32.8. The first kappa shape index (κ1) is 31.6. The summed E-state index contributed by atoms with van der Waals surface area (Å²) in [6, 6.07) is 57.4. The normalized spacial score (nSPS) is 14.8. The number of anilines is 3. The van der Waals surface area contributed by atoms with Crippen LogP contribution in [0.15, 0.2) is 152 Å². The van der Waals surface area contributed by atoms with Gasteiger partial charge in [0.05, 0.1) is 5.69 Å². The lowest BCUT2D eigenvalue weighted by atomic mass is 9.82. The van der Waals surface area contributed by atoms with Crippen molar-refractivity contribution in [3.05, 3.63) is 174 Å². The van der Waals surface area contributed by atoms with Gasteiger partial charge in [0.25, 0.3) is 0 Å². The molecule has 0 aliphatic heterocycles. The molecule has 55 heavy (non-hydrogen) atoms. The lowest BCUT2D eigenvalue weighted by Crippen LogP contribution is -2.18. The molecular formula is C52H37NS2. The largest absolute Gasteiger partial charge is 0.310 e. The number of nitrogens with zero attached hydrogens (tertiary/aromatic N) is 1. The van der Waals surface area contributed by atoms with Crippen LogP contribution in [0.25, 0.3) is 73.4 Å². The zero-order chi connectivity index (χ0) is 36.8. The van der Waals surface area contributed by atoms with E-state index in [-0.39, 0.29) is 10.8 Å². The summed E-state index contributed by atoms with van der Waals surface area (Å²) in [4.78, 5) is 2.58. The van der Waals surface area contributed by atoms with Gasteiger partial charge in [-0.3, -0.25) is 0 Å². The fourth-order valence-electron chi connectivity index (χ4n) is 10.2. The molecule has 10 aromatic rings. The average Bonchev–Trinajstić information content (AvgIpc) is 3.91. The van der Waals surface area contributed by atoms with Gasteiger partial charge in [-0.05, 0) is 87.0 Å². The second-order valence-electron chi connectivity index (χ2n) is 16.4. The monoisotopic (exact) mass is 739 g/mol. The highest BCUT2D eigenvalue weighted by Gasteiger charge is 2.38. The van der Waals surface area contributed by atoms with Crippen LogP contribution in [0.3, 0.4) is 0 Å². The Morgan fingerprint density at radius 1 is 0.382 bits per heavy atom. The molecule has 8 aromatic carbocycles. The number of thiophene rings is 2. The summed E-state index contributed by atoms with van der Waals surface area (Å²) in [6.45, 7) is 9.55. The molecular weight excluding hydrogens is 703 g/mol. The number of hydrogen-bond donors (Lipinski definition) is 0. The molecule has 0 N–H and O–H groups in total. The fraction of sp³-hybridized carbons (Fsp3) is 0.115. The van der Waals surface area contributed by atoms with Gasteiger partial charge in [0.2, 0.25) is 0 Å². The zero-order valence-electron chi connectivity index (χ0n) is 31.2. The van der Waals surface area contributed by atoms with Crippen LogP contribution in [-0.4, -0.2) is 0 Å². The highest BCUT2D eigenvalue weighted by molar-refractivity contribution is 7.30. The molecule has 0 atom stereocenters. The van der Waals surface area contributed by atoms with Crippen molar-refractivity contribution < 1.29 is 0 Å². The molecule has 2 aromatic heterocycles. The molecule has 0 amide bonds. The standard InChI is InChI=1S/C52H37NS2/c1-51(2)39-19-9-5-14-32(39)34-26-24-30(28-41(34)51)53(31-25-27-35-33-15-6-10-20-40(33)52(3,4)42(35)29-31)43-21-13-18-38-46(43)47-36-16-7-11-22-44(36)55-50(47)48-37-17-8-12-23-45(37)54-49(38)48/h5-29H,1-4H3. The van der Waals surface area contributed by atoms with Gasteiger partial charge in [0.1, 0.15) is 0 Å². The lowest BCUT2D eigenvalue weighted by Gasteiger charge is -2.31. The third kappa shape index (κ3) is 4.12. The molecule has 1 nitrogen and oxygen atoms in total. The predicted molar refractivity (Wildman–Crippen MR) is 240 cm³/mol. The van der Waals surface area contributed by atoms with Crippen molar-refractivity contribution in [2.45, 2.75) is 38.5 Å². The van der Waals surface area contributed by atoms with Gasteiger partial charge in [-0.1, -0.05) is 137 Å². The van der Waals surface area contributed by atoms with Crippen molar-refractivity contribution >= 4 is 90.9 Å². The molecule has 0 unspecified atom stereocenters. The van der Waals surface area contributed by atoms with E-state index in [1.807, 2.05) is 22.7 Å². The van der Waals surface area contributed by atoms with Crippen LogP contribution >= 0.6 is 22.7 Å². The first-order valence-corrected chi connectivity index (χ1v) is 20.9. The first-order valence-electron chi connectivity index (χ1n) is 19.3. The van der Waals surface area contributed by atoms with E-state index in [2.05, 4.69) is 184 Å². The van der Waals surface area contributed by atoms with E-state index in [1.54, 1.807) is 0 Å². The molecule has 0 fully saturated rings. The molecule has 2 heterocycles. The minimum Gasteiger partial charge on any atom is -0.310 e. The molecule has 0 spiro atoms. The van der Waals surface area contributed by atoms with Crippen molar-refractivity contribution in [1.82, 2.24) is 0 Å². The minimum atomic E-state index is -0.117. The second kappa shape index (κ2) is 10.9. The SMILES string of the molecule is CC1(C)c2ccccc2-c2ccc(N(c3ccc4c(c3)C(C)(C)c3ccccc3-4)c3cccc4c5sc6ccccc6c5c5sc6ccccc6c5c34)cc21. The number of benzene rings is 8. The average molecular weight is 740 g/mol. The molecule has 3 heteroatoms. The van der Waals surface area contributed by atoms with Gasteiger partial charge in [0.15, 0.2) is 0 Å². The second-order valence-corrected chi connectivity index (χ2v) is 18.5. The molecule has 12 rings (SSSR count). The number of hydrogen-bond acceptors (Lipinski definition) is 3. The van der Waals surface area contributed by atoms with Crippen LogP contribution in [0, 0.1) is 0 Å². The third-order valence-electron chi connectivity index (χ3n) is 12.8. The Hall–Kier alpha value is -5.74. The van der Waals surface area contributed by atoms with Crippen LogP contribution in [0.4, 0.5) is 17.1 Å². The topological polar surface area (TPSA) is 3.24 Å². The van der Waals surface area contributed by atoms with Crippen molar-refractivity contribution in [2.75, 3.05) is 4.90 Å². The summed E-state index contributed by atoms with van der Waals surface area (Å²) < 4.78 is 5.42.